The Morgan fingerprint density at radius 1 is 1.00 bits per heavy atom. The zero-order valence-electron chi connectivity index (χ0n) is 19.0. The number of nitrogens with zero attached hydrogens (tertiary/aromatic N) is 3. The normalized spacial score (nSPS) is 14.4. The highest BCUT2D eigenvalue weighted by Crippen LogP contribution is 2.33. The van der Waals surface area contributed by atoms with Crippen LogP contribution in [-0.4, -0.2) is 34.6 Å². The van der Waals surface area contributed by atoms with Crippen molar-refractivity contribution >= 4 is 62.3 Å². The Kier molecular flexibility index (Phi) is 7.63. The van der Waals surface area contributed by atoms with E-state index in [1.165, 1.54) is 11.3 Å². The van der Waals surface area contributed by atoms with Gasteiger partial charge in [0.05, 0.1) is 0 Å². The number of anilines is 3. The highest BCUT2D eigenvalue weighted by Gasteiger charge is 2.18. The summed E-state index contributed by atoms with van der Waals surface area (Å²) in [5.41, 5.74) is 2.94. The van der Waals surface area contributed by atoms with E-state index in [2.05, 4.69) is 16.0 Å². The Hall–Kier alpha value is -2.52. The Labute approximate surface area is 217 Å². The van der Waals surface area contributed by atoms with Crippen molar-refractivity contribution < 1.29 is 4.39 Å². The summed E-state index contributed by atoms with van der Waals surface area (Å²) in [5, 5.41) is 12.2. The first kappa shape index (κ1) is 24.2. The number of thiazole rings is 1. The van der Waals surface area contributed by atoms with E-state index in [4.69, 9.17) is 38.2 Å². The van der Waals surface area contributed by atoms with Crippen LogP contribution in [-0.2, 0) is 13.1 Å². The zero-order valence-corrected chi connectivity index (χ0v) is 21.3. The van der Waals surface area contributed by atoms with Crippen LogP contribution >= 0.6 is 34.5 Å². The lowest BCUT2D eigenvalue weighted by molar-refractivity contribution is 0.389. The van der Waals surface area contributed by atoms with E-state index in [-0.39, 0.29) is 0 Å². The lowest BCUT2D eigenvalue weighted by Crippen LogP contribution is -2.31. The first-order chi connectivity index (χ1) is 17.1. The lowest BCUT2D eigenvalue weighted by atomic mass is 9.98. The van der Waals surface area contributed by atoms with Crippen molar-refractivity contribution in [1.29, 1.82) is 0 Å². The Bertz CT molecular complexity index is 1290. The van der Waals surface area contributed by atoms with E-state index in [1.807, 2.05) is 30.3 Å². The molecule has 0 saturated carbocycles. The minimum Gasteiger partial charge on any atom is -0.354 e. The van der Waals surface area contributed by atoms with Crippen molar-refractivity contribution in [2.75, 3.05) is 30.3 Å². The number of nitrogens with one attached hydrogen (secondary N) is 3. The van der Waals surface area contributed by atoms with Gasteiger partial charge in [0.2, 0.25) is 5.95 Å². The second-order valence-electron chi connectivity index (χ2n) is 8.56. The number of alkyl halides is 1. The molecule has 5 rings (SSSR count). The van der Waals surface area contributed by atoms with Gasteiger partial charge in [-0.3, -0.25) is 0 Å². The Morgan fingerprint density at radius 3 is 2.46 bits per heavy atom. The van der Waals surface area contributed by atoms with Gasteiger partial charge in [0.25, 0.3) is 0 Å². The summed E-state index contributed by atoms with van der Waals surface area (Å²) >= 11 is 14.3. The van der Waals surface area contributed by atoms with Gasteiger partial charge in [-0.1, -0.05) is 52.7 Å². The molecule has 0 unspecified atom stereocenters. The fraction of sp³-hybridized carbons (Fsp3) is 0.320. The van der Waals surface area contributed by atoms with E-state index < -0.39 is 6.67 Å². The summed E-state index contributed by atoms with van der Waals surface area (Å²) in [6.45, 7) is 2.40. The van der Waals surface area contributed by atoms with Crippen molar-refractivity contribution in [3.8, 4) is 0 Å². The van der Waals surface area contributed by atoms with Crippen LogP contribution in [0.15, 0.2) is 42.5 Å². The van der Waals surface area contributed by atoms with Crippen LogP contribution in [0.1, 0.15) is 29.0 Å². The molecule has 35 heavy (non-hydrogen) atoms. The summed E-state index contributed by atoms with van der Waals surface area (Å²) in [6.07, 6.45) is 2.76. The quantitative estimate of drug-likeness (QED) is 0.238. The highest BCUT2D eigenvalue weighted by molar-refractivity contribution is 7.18. The summed E-state index contributed by atoms with van der Waals surface area (Å²) in [4.78, 5) is 15.1. The molecule has 1 aliphatic rings. The molecule has 182 valence electrons. The smallest absolute Gasteiger partial charge is 0.226 e. The molecule has 2 aromatic heterocycles. The largest absolute Gasteiger partial charge is 0.354 e. The fourth-order valence-electron chi connectivity index (χ4n) is 4.09. The molecule has 10 heteroatoms. The molecule has 3 N–H and O–H groups in total. The van der Waals surface area contributed by atoms with E-state index in [1.54, 1.807) is 12.1 Å². The maximum atomic E-state index is 12.9. The number of fused-ring (bicyclic) bond motifs is 1. The number of aromatic nitrogens is 3. The van der Waals surface area contributed by atoms with Gasteiger partial charge < -0.3 is 16.0 Å². The molecule has 3 heterocycles. The SMILES string of the molecule is FCc1ccc(Nc2nc(NCC3CCNCC3)nc3sc(Cc4c(Cl)cccc4Cl)nc23)cc1. The van der Waals surface area contributed by atoms with Crippen molar-refractivity contribution in [3.63, 3.8) is 0 Å². The molecule has 0 aliphatic carbocycles. The molecule has 4 aromatic rings. The third-order valence-corrected chi connectivity index (χ3v) is 7.73. The number of hydrogen-bond acceptors (Lipinski definition) is 7. The zero-order chi connectivity index (χ0) is 24.2. The van der Waals surface area contributed by atoms with Gasteiger partial charge in [-0.15, -0.1) is 0 Å². The molecule has 0 bridgehead atoms. The predicted octanol–water partition coefficient (Wildman–Crippen LogP) is 6.61. The topological polar surface area (TPSA) is 74.8 Å². The third kappa shape index (κ3) is 5.83. The third-order valence-electron chi connectivity index (χ3n) is 6.07. The molecule has 1 saturated heterocycles. The lowest BCUT2D eigenvalue weighted by Gasteiger charge is -2.22. The number of hydrogen-bond donors (Lipinski definition) is 3. The molecular formula is C25H25Cl2FN6S. The van der Waals surface area contributed by atoms with Gasteiger partial charge in [0.15, 0.2) is 10.6 Å². The first-order valence-corrected chi connectivity index (χ1v) is 13.1. The molecule has 0 radical (unpaired) electrons. The van der Waals surface area contributed by atoms with Crippen LogP contribution in [0.5, 0.6) is 0 Å². The van der Waals surface area contributed by atoms with Crippen LogP contribution in [0.4, 0.5) is 21.8 Å². The van der Waals surface area contributed by atoms with Crippen molar-refractivity contribution in [2.45, 2.75) is 25.9 Å². The molecule has 2 aromatic carbocycles. The van der Waals surface area contributed by atoms with Crippen molar-refractivity contribution in [3.05, 3.63) is 68.6 Å². The number of rotatable bonds is 8. The van der Waals surface area contributed by atoms with E-state index in [0.29, 0.717) is 45.2 Å². The number of piperidine rings is 1. The van der Waals surface area contributed by atoms with E-state index >= 15 is 0 Å². The van der Waals surface area contributed by atoms with Crippen LogP contribution in [0, 0.1) is 5.92 Å². The minimum atomic E-state index is -0.497. The van der Waals surface area contributed by atoms with Gasteiger partial charge in [-0.05, 0) is 67.2 Å². The van der Waals surface area contributed by atoms with Gasteiger partial charge in [-0.25, -0.2) is 14.4 Å². The van der Waals surface area contributed by atoms with Gasteiger partial charge in [0.1, 0.15) is 17.2 Å². The first-order valence-electron chi connectivity index (χ1n) is 11.6. The summed E-state index contributed by atoms with van der Waals surface area (Å²) in [5.74, 6) is 1.74. The molecule has 1 aliphatic heterocycles. The fourth-order valence-corrected chi connectivity index (χ4v) is 5.57. The highest BCUT2D eigenvalue weighted by atomic mass is 35.5. The monoisotopic (exact) mass is 530 g/mol. The van der Waals surface area contributed by atoms with E-state index in [9.17, 15) is 4.39 Å². The summed E-state index contributed by atoms with van der Waals surface area (Å²) in [6, 6.07) is 12.7. The predicted molar refractivity (Wildman–Crippen MR) is 143 cm³/mol. The molecular weight excluding hydrogens is 506 g/mol. The van der Waals surface area contributed by atoms with Gasteiger partial charge in [0, 0.05) is 28.7 Å². The van der Waals surface area contributed by atoms with Gasteiger partial charge in [-0.2, -0.15) is 4.98 Å². The minimum absolute atomic E-state index is 0.497. The maximum absolute atomic E-state index is 12.9. The average Bonchev–Trinajstić information content (AvgIpc) is 3.29. The average molecular weight is 531 g/mol. The summed E-state index contributed by atoms with van der Waals surface area (Å²) < 4.78 is 12.9. The van der Waals surface area contributed by atoms with Crippen LogP contribution in [0.25, 0.3) is 10.3 Å². The van der Waals surface area contributed by atoms with Gasteiger partial charge >= 0.3 is 0 Å². The maximum Gasteiger partial charge on any atom is 0.226 e. The van der Waals surface area contributed by atoms with Crippen LogP contribution in [0.3, 0.4) is 0 Å². The Morgan fingerprint density at radius 2 is 1.74 bits per heavy atom. The van der Waals surface area contributed by atoms with Crippen LogP contribution < -0.4 is 16.0 Å². The molecule has 0 atom stereocenters. The molecule has 0 amide bonds. The Balaban J connectivity index is 1.46. The number of benzene rings is 2. The van der Waals surface area contributed by atoms with Crippen molar-refractivity contribution in [1.82, 2.24) is 20.3 Å². The second kappa shape index (κ2) is 11.0. The van der Waals surface area contributed by atoms with Crippen molar-refractivity contribution in [2.24, 2.45) is 5.92 Å². The number of halogens is 3. The second-order valence-corrected chi connectivity index (χ2v) is 10.4. The van der Waals surface area contributed by atoms with E-state index in [0.717, 1.165) is 53.6 Å². The van der Waals surface area contributed by atoms with Crippen LogP contribution in [0.2, 0.25) is 10.0 Å². The molecule has 1 fully saturated rings. The molecule has 0 spiro atoms. The standard InChI is InChI=1S/C25H25Cl2FN6S/c26-19-2-1-3-20(27)18(19)12-21-32-22-23(31-17-6-4-15(13-28)5-7-17)33-25(34-24(22)35-21)30-14-16-8-10-29-11-9-16/h1-7,16,29H,8-14H2,(H2,30,31,33,34). The summed E-state index contributed by atoms with van der Waals surface area (Å²) in [7, 11) is 0. The molecule has 6 nitrogen and oxygen atoms in total.